The fourth-order valence-corrected chi connectivity index (χ4v) is 4.40. The number of amides is 2. The van der Waals surface area contributed by atoms with Crippen molar-refractivity contribution in [2.45, 2.75) is 19.0 Å². The van der Waals surface area contributed by atoms with E-state index in [4.69, 9.17) is 4.74 Å². The fraction of sp³-hybridized carbons (Fsp3) is 0.148. The first-order valence-electron chi connectivity index (χ1n) is 11.0. The zero-order chi connectivity index (χ0) is 24.6. The van der Waals surface area contributed by atoms with Crippen LogP contribution in [0.1, 0.15) is 22.0 Å². The third-order valence-electron chi connectivity index (χ3n) is 5.41. The van der Waals surface area contributed by atoms with E-state index in [1.54, 1.807) is 37.7 Å². The van der Waals surface area contributed by atoms with E-state index in [1.807, 2.05) is 41.8 Å². The summed E-state index contributed by atoms with van der Waals surface area (Å²) in [6.45, 7) is 0.251. The Morgan fingerprint density at radius 2 is 1.83 bits per heavy atom. The number of carbonyl (C=O) groups excluding carboxylic acids is 2. The van der Waals surface area contributed by atoms with Crippen molar-refractivity contribution in [2.75, 3.05) is 12.0 Å². The topological polar surface area (TPSA) is 71.5 Å². The van der Waals surface area contributed by atoms with E-state index in [-0.39, 0.29) is 18.9 Å². The summed E-state index contributed by atoms with van der Waals surface area (Å²) in [5, 5.41) is 4.81. The molecule has 2 heterocycles. The van der Waals surface area contributed by atoms with E-state index in [9.17, 15) is 14.0 Å². The first kappa shape index (κ1) is 24.1. The smallest absolute Gasteiger partial charge is 0.248 e. The predicted molar refractivity (Wildman–Crippen MR) is 134 cm³/mol. The number of benzene rings is 2. The van der Waals surface area contributed by atoms with Gasteiger partial charge in [-0.2, -0.15) is 0 Å². The Balaban J connectivity index is 1.68. The van der Waals surface area contributed by atoms with Crippen LogP contribution < -0.4 is 15.0 Å². The number of hydrogen-bond donors (Lipinski definition) is 1. The summed E-state index contributed by atoms with van der Waals surface area (Å²) in [6, 6.07) is 19.1. The van der Waals surface area contributed by atoms with Gasteiger partial charge in [0.15, 0.2) is 0 Å². The zero-order valence-corrected chi connectivity index (χ0v) is 19.9. The van der Waals surface area contributed by atoms with E-state index in [0.717, 1.165) is 10.4 Å². The van der Waals surface area contributed by atoms with Crippen molar-refractivity contribution >= 4 is 28.8 Å². The number of halogens is 1. The zero-order valence-electron chi connectivity index (χ0n) is 19.1. The number of anilines is 1. The van der Waals surface area contributed by atoms with Crippen LogP contribution in [0.2, 0.25) is 0 Å². The van der Waals surface area contributed by atoms with E-state index >= 15 is 0 Å². The number of thiophene rings is 1. The molecular formula is C27H24FN3O3S. The predicted octanol–water partition coefficient (Wildman–Crippen LogP) is 4.92. The Bertz CT molecular complexity index is 1260. The molecule has 2 amide bonds. The number of pyridine rings is 1. The Morgan fingerprint density at radius 1 is 1.06 bits per heavy atom. The summed E-state index contributed by atoms with van der Waals surface area (Å²) in [7, 11) is 1.59. The van der Waals surface area contributed by atoms with E-state index in [2.05, 4.69) is 10.3 Å². The molecule has 0 spiro atoms. The number of rotatable bonds is 9. The molecule has 178 valence electrons. The van der Waals surface area contributed by atoms with Gasteiger partial charge in [-0.3, -0.25) is 19.5 Å². The SMILES string of the molecule is COc1ccc(CNC(=O)C(c2ccncc2)N(C(=O)Cc2cccs2)c2cccc(F)c2)cc1. The summed E-state index contributed by atoms with van der Waals surface area (Å²) in [4.78, 5) is 33.4. The fourth-order valence-electron chi connectivity index (χ4n) is 3.70. The van der Waals surface area contributed by atoms with Crippen molar-refractivity contribution in [1.29, 1.82) is 0 Å². The molecule has 0 saturated carbocycles. The maximum atomic E-state index is 14.2. The van der Waals surface area contributed by atoms with Crippen molar-refractivity contribution in [3.8, 4) is 5.75 Å². The van der Waals surface area contributed by atoms with Crippen LogP contribution in [-0.2, 0) is 22.6 Å². The molecule has 4 aromatic rings. The highest BCUT2D eigenvalue weighted by Gasteiger charge is 2.33. The number of nitrogens with one attached hydrogen (secondary N) is 1. The number of aromatic nitrogens is 1. The number of hydrogen-bond acceptors (Lipinski definition) is 5. The van der Waals surface area contributed by atoms with Gasteiger partial charge in [0.25, 0.3) is 0 Å². The van der Waals surface area contributed by atoms with Crippen molar-refractivity contribution in [2.24, 2.45) is 0 Å². The number of ether oxygens (including phenoxy) is 1. The van der Waals surface area contributed by atoms with Gasteiger partial charge in [-0.05, 0) is 65.0 Å². The molecule has 6 nitrogen and oxygen atoms in total. The average molecular weight is 490 g/mol. The molecule has 2 aromatic carbocycles. The van der Waals surface area contributed by atoms with Gasteiger partial charge in [0.05, 0.1) is 13.5 Å². The summed E-state index contributed by atoms with van der Waals surface area (Å²) >= 11 is 1.45. The van der Waals surface area contributed by atoms with Crippen LogP contribution in [0.25, 0.3) is 0 Å². The van der Waals surface area contributed by atoms with Crippen LogP contribution in [0, 0.1) is 5.82 Å². The van der Waals surface area contributed by atoms with Gasteiger partial charge in [0.2, 0.25) is 11.8 Å². The molecule has 0 bridgehead atoms. The normalized spacial score (nSPS) is 11.5. The Morgan fingerprint density at radius 3 is 2.49 bits per heavy atom. The molecular weight excluding hydrogens is 465 g/mol. The van der Waals surface area contributed by atoms with Crippen molar-refractivity contribution in [1.82, 2.24) is 10.3 Å². The van der Waals surface area contributed by atoms with Gasteiger partial charge in [0.1, 0.15) is 17.6 Å². The average Bonchev–Trinajstić information content (AvgIpc) is 3.39. The second-order valence-corrected chi connectivity index (χ2v) is 8.78. The number of carbonyl (C=O) groups is 2. The van der Waals surface area contributed by atoms with Crippen molar-refractivity contribution in [3.05, 3.63) is 112 Å². The lowest BCUT2D eigenvalue weighted by molar-refractivity contribution is -0.126. The number of methoxy groups -OCH3 is 1. The molecule has 0 aliphatic carbocycles. The molecule has 0 aliphatic rings. The van der Waals surface area contributed by atoms with Gasteiger partial charge in [0, 0.05) is 29.5 Å². The van der Waals surface area contributed by atoms with Gasteiger partial charge < -0.3 is 10.1 Å². The summed E-state index contributed by atoms with van der Waals surface area (Å²) < 4.78 is 19.4. The van der Waals surface area contributed by atoms with Crippen molar-refractivity contribution < 1.29 is 18.7 Å². The maximum Gasteiger partial charge on any atom is 0.248 e. The second-order valence-electron chi connectivity index (χ2n) is 7.75. The van der Waals surface area contributed by atoms with Gasteiger partial charge in [-0.1, -0.05) is 24.3 Å². The molecule has 1 N–H and O–H groups in total. The molecule has 1 unspecified atom stereocenters. The molecule has 0 aliphatic heterocycles. The molecule has 1 atom stereocenters. The Kier molecular flexibility index (Phi) is 7.84. The van der Waals surface area contributed by atoms with Crippen LogP contribution in [-0.4, -0.2) is 23.9 Å². The summed E-state index contributed by atoms with van der Waals surface area (Å²) in [5.74, 6) is -0.495. The van der Waals surface area contributed by atoms with Crippen LogP contribution in [0.4, 0.5) is 10.1 Å². The van der Waals surface area contributed by atoms with Crippen LogP contribution >= 0.6 is 11.3 Å². The number of nitrogens with zero attached hydrogens (tertiary/aromatic N) is 2. The minimum absolute atomic E-state index is 0.0848. The molecule has 4 rings (SSSR count). The molecule has 35 heavy (non-hydrogen) atoms. The minimum atomic E-state index is -1.02. The summed E-state index contributed by atoms with van der Waals surface area (Å²) in [6.07, 6.45) is 3.21. The van der Waals surface area contributed by atoms with Gasteiger partial charge >= 0.3 is 0 Å². The third-order valence-corrected chi connectivity index (χ3v) is 6.29. The third kappa shape index (κ3) is 6.10. The Hall–Kier alpha value is -4.04. The highest BCUT2D eigenvalue weighted by molar-refractivity contribution is 7.10. The lowest BCUT2D eigenvalue weighted by Crippen LogP contribution is -2.44. The lowest BCUT2D eigenvalue weighted by Gasteiger charge is -2.31. The first-order chi connectivity index (χ1) is 17.0. The quantitative estimate of drug-likeness (QED) is 0.362. The van der Waals surface area contributed by atoms with Crippen LogP contribution in [0.3, 0.4) is 0 Å². The standard InChI is InChI=1S/C27H24FN3O3S/c1-34-23-9-7-19(8-10-23)18-30-27(33)26(20-11-13-29-14-12-20)31(22-5-2-4-21(28)16-22)25(32)17-24-6-3-15-35-24/h2-16,26H,17-18H2,1H3,(H,30,33). The van der Waals surface area contributed by atoms with Gasteiger partial charge in [-0.15, -0.1) is 11.3 Å². The second kappa shape index (κ2) is 11.4. The largest absolute Gasteiger partial charge is 0.497 e. The molecule has 0 radical (unpaired) electrons. The Labute approximate surface area is 207 Å². The molecule has 0 fully saturated rings. The summed E-state index contributed by atoms with van der Waals surface area (Å²) in [5.41, 5.74) is 1.74. The first-order valence-corrected chi connectivity index (χ1v) is 11.8. The van der Waals surface area contributed by atoms with Crippen LogP contribution in [0.5, 0.6) is 5.75 Å². The maximum absolute atomic E-state index is 14.2. The minimum Gasteiger partial charge on any atom is -0.497 e. The molecule has 2 aromatic heterocycles. The van der Waals surface area contributed by atoms with Gasteiger partial charge in [-0.25, -0.2) is 4.39 Å². The highest BCUT2D eigenvalue weighted by atomic mass is 32.1. The van der Waals surface area contributed by atoms with Crippen LogP contribution in [0.15, 0.2) is 90.6 Å². The lowest BCUT2D eigenvalue weighted by atomic mass is 10.0. The molecule has 8 heteroatoms. The van der Waals surface area contributed by atoms with E-state index < -0.39 is 17.8 Å². The van der Waals surface area contributed by atoms with E-state index in [1.165, 1.54) is 34.4 Å². The highest BCUT2D eigenvalue weighted by Crippen LogP contribution is 2.30. The van der Waals surface area contributed by atoms with E-state index in [0.29, 0.717) is 17.0 Å². The molecule has 0 saturated heterocycles. The van der Waals surface area contributed by atoms with Crippen molar-refractivity contribution in [3.63, 3.8) is 0 Å². The monoisotopic (exact) mass is 489 g/mol.